The zero-order valence-corrected chi connectivity index (χ0v) is 12.9. The van der Waals surface area contributed by atoms with Crippen LogP contribution in [0.5, 0.6) is 0 Å². The lowest BCUT2D eigenvalue weighted by atomic mass is 10.0. The second-order valence-corrected chi connectivity index (χ2v) is 5.83. The molecule has 1 amide bonds. The normalized spacial score (nSPS) is 16.3. The number of nitrogens with zero attached hydrogens (tertiary/aromatic N) is 2. The van der Waals surface area contributed by atoms with E-state index in [-0.39, 0.29) is 5.91 Å². The summed E-state index contributed by atoms with van der Waals surface area (Å²) in [6.07, 6.45) is 0. The van der Waals surface area contributed by atoms with Gasteiger partial charge in [0.2, 0.25) is 0 Å². The topological polar surface area (TPSA) is 23.6 Å². The number of hydrogen-bond donors (Lipinski definition) is 1. The monoisotopic (exact) mass is 300 g/mol. The maximum atomic E-state index is 12.8. The first kappa shape index (κ1) is 14.4. The predicted molar refractivity (Wildman–Crippen MR) is 90.1 cm³/mol. The number of carbonyl (C=O) groups is 1. The Kier molecular flexibility index (Phi) is 4.46. The molecule has 1 saturated heterocycles. The Morgan fingerprint density at radius 2 is 1.71 bits per heavy atom. The fraction of sp³-hybridized carbons (Fsp3) is 0.353. The third-order valence-corrected chi connectivity index (χ3v) is 4.30. The summed E-state index contributed by atoms with van der Waals surface area (Å²) >= 11 is 4.27. The minimum absolute atomic E-state index is 0.150. The van der Waals surface area contributed by atoms with Gasteiger partial charge in [0, 0.05) is 44.0 Å². The summed E-state index contributed by atoms with van der Waals surface area (Å²) in [4.78, 5) is 17.1. The molecule has 0 aromatic heterocycles. The molecule has 1 aliphatic rings. The van der Waals surface area contributed by atoms with E-state index < -0.39 is 0 Å². The number of rotatable bonds is 3. The van der Waals surface area contributed by atoms with Crippen molar-refractivity contribution in [3.63, 3.8) is 0 Å². The number of hydrogen-bond acceptors (Lipinski definition) is 3. The van der Waals surface area contributed by atoms with Gasteiger partial charge in [-0.2, -0.15) is 12.6 Å². The van der Waals surface area contributed by atoms with Crippen molar-refractivity contribution in [1.29, 1.82) is 0 Å². The molecule has 2 aromatic carbocycles. The molecule has 1 fully saturated rings. The SMILES string of the molecule is O=C(c1cccc2ccccc12)N1CCN(CCS)CC1. The fourth-order valence-corrected chi connectivity index (χ4v) is 3.18. The van der Waals surface area contributed by atoms with E-state index in [1.165, 1.54) is 0 Å². The van der Waals surface area contributed by atoms with Crippen LogP contribution in [0.1, 0.15) is 10.4 Å². The lowest BCUT2D eigenvalue weighted by Gasteiger charge is -2.34. The number of benzene rings is 2. The molecule has 0 atom stereocenters. The van der Waals surface area contributed by atoms with Crippen molar-refractivity contribution in [2.45, 2.75) is 0 Å². The highest BCUT2D eigenvalue weighted by Gasteiger charge is 2.22. The molecule has 21 heavy (non-hydrogen) atoms. The van der Waals surface area contributed by atoms with Crippen molar-refractivity contribution >= 4 is 29.3 Å². The van der Waals surface area contributed by atoms with Gasteiger partial charge in [-0.25, -0.2) is 0 Å². The van der Waals surface area contributed by atoms with Crippen LogP contribution in [0.3, 0.4) is 0 Å². The molecule has 1 aliphatic heterocycles. The first-order valence-corrected chi connectivity index (χ1v) is 8.03. The Morgan fingerprint density at radius 1 is 1.00 bits per heavy atom. The van der Waals surface area contributed by atoms with Gasteiger partial charge in [-0.1, -0.05) is 36.4 Å². The molecule has 0 N–H and O–H groups in total. The van der Waals surface area contributed by atoms with Crippen LogP contribution < -0.4 is 0 Å². The van der Waals surface area contributed by atoms with Crippen LogP contribution in [-0.2, 0) is 0 Å². The quantitative estimate of drug-likeness (QED) is 0.881. The molecule has 110 valence electrons. The zero-order valence-electron chi connectivity index (χ0n) is 12.0. The van der Waals surface area contributed by atoms with E-state index in [1.807, 2.05) is 35.2 Å². The van der Waals surface area contributed by atoms with Crippen LogP contribution in [0.2, 0.25) is 0 Å². The fourth-order valence-electron chi connectivity index (χ4n) is 2.90. The van der Waals surface area contributed by atoms with Gasteiger partial charge in [0.1, 0.15) is 0 Å². The average molecular weight is 300 g/mol. The molecule has 0 radical (unpaired) electrons. The van der Waals surface area contributed by atoms with E-state index in [4.69, 9.17) is 0 Å². The van der Waals surface area contributed by atoms with Crippen molar-refractivity contribution in [3.8, 4) is 0 Å². The highest BCUT2D eigenvalue weighted by Crippen LogP contribution is 2.20. The van der Waals surface area contributed by atoms with Crippen LogP contribution in [0.4, 0.5) is 0 Å². The van der Waals surface area contributed by atoms with Gasteiger partial charge in [-0.15, -0.1) is 0 Å². The van der Waals surface area contributed by atoms with Crippen molar-refractivity contribution in [2.24, 2.45) is 0 Å². The highest BCUT2D eigenvalue weighted by atomic mass is 32.1. The highest BCUT2D eigenvalue weighted by molar-refractivity contribution is 7.80. The molecule has 0 bridgehead atoms. The number of amides is 1. The lowest BCUT2D eigenvalue weighted by Crippen LogP contribution is -2.49. The summed E-state index contributed by atoms with van der Waals surface area (Å²) in [7, 11) is 0. The summed E-state index contributed by atoms with van der Waals surface area (Å²) < 4.78 is 0. The van der Waals surface area contributed by atoms with E-state index in [0.29, 0.717) is 0 Å². The summed E-state index contributed by atoms with van der Waals surface area (Å²) in [6, 6.07) is 14.0. The molecule has 0 spiro atoms. The predicted octanol–water partition coefficient (Wildman–Crippen LogP) is 2.53. The van der Waals surface area contributed by atoms with Gasteiger partial charge in [0.15, 0.2) is 0 Å². The minimum atomic E-state index is 0.150. The van der Waals surface area contributed by atoms with Gasteiger partial charge in [-0.3, -0.25) is 9.69 Å². The smallest absolute Gasteiger partial charge is 0.254 e. The van der Waals surface area contributed by atoms with Gasteiger partial charge in [-0.05, 0) is 16.8 Å². The maximum Gasteiger partial charge on any atom is 0.254 e. The third kappa shape index (κ3) is 3.06. The zero-order chi connectivity index (χ0) is 14.7. The van der Waals surface area contributed by atoms with E-state index in [2.05, 4.69) is 29.7 Å². The Morgan fingerprint density at radius 3 is 2.48 bits per heavy atom. The maximum absolute atomic E-state index is 12.8. The van der Waals surface area contributed by atoms with Gasteiger partial charge in [0.05, 0.1) is 0 Å². The first-order chi connectivity index (χ1) is 10.3. The third-order valence-electron chi connectivity index (χ3n) is 4.10. The van der Waals surface area contributed by atoms with Gasteiger partial charge < -0.3 is 4.90 Å². The second-order valence-electron chi connectivity index (χ2n) is 5.38. The summed E-state index contributed by atoms with van der Waals surface area (Å²) in [5.41, 5.74) is 0.816. The number of fused-ring (bicyclic) bond motifs is 1. The minimum Gasteiger partial charge on any atom is -0.336 e. The van der Waals surface area contributed by atoms with Crippen LogP contribution in [-0.4, -0.2) is 54.2 Å². The van der Waals surface area contributed by atoms with E-state index in [0.717, 1.165) is 54.8 Å². The average Bonchev–Trinajstić information content (AvgIpc) is 2.55. The molecule has 1 heterocycles. The lowest BCUT2D eigenvalue weighted by molar-refractivity contribution is 0.0646. The molecule has 3 rings (SSSR count). The molecule has 4 heteroatoms. The molecule has 0 unspecified atom stereocenters. The van der Waals surface area contributed by atoms with E-state index in [9.17, 15) is 4.79 Å². The van der Waals surface area contributed by atoms with Crippen LogP contribution in [0, 0.1) is 0 Å². The summed E-state index contributed by atoms with van der Waals surface area (Å²) in [5.74, 6) is 1.02. The van der Waals surface area contributed by atoms with Crippen molar-refractivity contribution in [3.05, 3.63) is 48.0 Å². The van der Waals surface area contributed by atoms with Crippen molar-refractivity contribution < 1.29 is 4.79 Å². The van der Waals surface area contributed by atoms with Gasteiger partial charge in [0.25, 0.3) is 5.91 Å². The van der Waals surface area contributed by atoms with E-state index in [1.54, 1.807) is 0 Å². The largest absolute Gasteiger partial charge is 0.336 e. The summed E-state index contributed by atoms with van der Waals surface area (Å²) in [5, 5.41) is 2.17. The Labute approximate surface area is 130 Å². The number of carbonyl (C=O) groups excluding carboxylic acids is 1. The molecule has 3 nitrogen and oxygen atoms in total. The van der Waals surface area contributed by atoms with Crippen LogP contribution in [0.25, 0.3) is 10.8 Å². The molecule has 2 aromatic rings. The summed E-state index contributed by atoms with van der Waals surface area (Å²) in [6.45, 7) is 4.49. The molecule has 0 aliphatic carbocycles. The number of thiol groups is 1. The van der Waals surface area contributed by atoms with Crippen molar-refractivity contribution in [2.75, 3.05) is 38.5 Å². The second kappa shape index (κ2) is 6.50. The van der Waals surface area contributed by atoms with E-state index >= 15 is 0 Å². The number of piperazine rings is 1. The van der Waals surface area contributed by atoms with Crippen molar-refractivity contribution in [1.82, 2.24) is 9.80 Å². The molecular formula is C17H20N2OS. The Bertz CT molecular complexity index is 630. The molecule has 0 saturated carbocycles. The van der Waals surface area contributed by atoms with Crippen LogP contribution in [0.15, 0.2) is 42.5 Å². The first-order valence-electron chi connectivity index (χ1n) is 7.40. The van der Waals surface area contributed by atoms with Gasteiger partial charge >= 0.3 is 0 Å². The van der Waals surface area contributed by atoms with Crippen LogP contribution >= 0.6 is 12.6 Å². The Balaban J connectivity index is 1.79. The standard InChI is InChI=1S/C17H20N2OS/c20-17(19-10-8-18(9-11-19)12-13-21)16-7-3-5-14-4-1-2-6-15(14)16/h1-7,21H,8-13H2. The Hall–Kier alpha value is -1.52. The molecular weight excluding hydrogens is 280 g/mol.